The van der Waals surface area contributed by atoms with Gasteiger partial charge in [-0.15, -0.1) is 0 Å². The molecule has 86 valence electrons. The van der Waals surface area contributed by atoms with Crippen LogP contribution in [0.5, 0.6) is 0 Å². The Bertz CT molecular complexity index is 384. The van der Waals surface area contributed by atoms with Crippen LogP contribution in [-0.2, 0) is 16.0 Å². The molecule has 4 nitrogen and oxygen atoms in total. The summed E-state index contributed by atoms with van der Waals surface area (Å²) in [7, 11) is 0. The minimum atomic E-state index is -1.12. The summed E-state index contributed by atoms with van der Waals surface area (Å²) in [6, 6.07) is 1.99. The minimum Gasteiger partial charge on any atom is -0.478 e. The fourth-order valence-corrected chi connectivity index (χ4v) is 1.93. The van der Waals surface area contributed by atoms with Gasteiger partial charge in [0.15, 0.2) is 0 Å². The van der Waals surface area contributed by atoms with E-state index in [0.717, 1.165) is 18.6 Å². The van der Waals surface area contributed by atoms with E-state index < -0.39 is 5.97 Å². The van der Waals surface area contributed by atoms with Crippen LogP contribution in [-0.4, -0.2) is 23.0 Å². The van der Waals surface area contributed by atoms with E-state index in [2.05, 4.69) is 5.32 Å². The van der Waals surface area contributed by atoms with Gasteiger partial charge in [-0.1, -0.05) is 0 Å². The zero-order valence-corrected chi connectivity index (χ0v) is 9.66. The highest BCUT2D eigenvalue weighted by atomic mass is 32.1. The molecule has 1 aromatic rings. The van der Waals surface area contributed by atoms with Crippen molar-refractivity contribution >= 4 is 23.2 Å². The van der Waals surface area contributed by atoms with Crippen molar-refractivity contribution in [1.29, 1.82) is 0 Å². The van der Waals surface area contributed by atoms with Gasteiger partial charge in [0.25, 0.3) is 0 Å². The minimum absolute atomic E-state index is 0.0134. The molecular weight excluding hydrogens is 226 g/mol. The quantitative estimate of drug-likeness (QED) is 0.764. The molecule has 1 atom stereocenters. The van der Waals surface area contributed by atoms with Gasteiger partial charge in [0.05, 0.1) is 0 Å². The number of hydrogen-bond donors (Lipinski definition) is 2. The standard InChI is InChI=1S/C11H13NO3S/c1-8(6-9-4-5-16-7-9)12-10(13)2-3-11(14)15/h2-5,7-8H,6H2,1H3,(H,12,13)(H,14,15). The van der Waals surface area contributed by atoms with Gasteiger partial charge in [0.1, 0.15) is 0 Å². The summed E-state index contributed by atoms with van der Waals surface area (Å²) in [6.45, 7) is 1.88. The fraction of sp³-hybridized carbons (Fsp3) is 0.273. The molecular formula is C11H13NO3S. The third kappa shape index (κ3) is 4.75. The van der Waals surface area contributed by atoms with E-state index >= 15 is 0 Å². The average Bonchev–Trinajstić information content (AvgIpc) is 2.67. The van der Waals surface area contributed by atoms with Gasteiger partial charge in [-0.05, 0) is 35.7 Å². The lowest BCUT2D eigenvalue weighted by Gasteiger charge is -2.10. The second kappa shape index (κ2) is 6.07. The zero-order chi connectivity index (χ0) is 12.0. The first kappa shape index (κ1) is 12.4. The molecule has 1 heterocycles. The summed E-state index contributed by atoms with van der Waals surface area (Å²) in [5, 5.41) is 15.0. The number of rotatable bonds is 5. The average molecular weight is 239 g/mol. The van der Waals surface area contributed by atoms with Crippen LogP contribution in [0.2, 0.25) is 0 Å². The molecule has 2 N–H and O–H groups in total. The van der Waals surface area contributed by atoms with Gasteiger partial charge in [-0.25, -0.2) is 4.79 Å². The molecule has 0 saturated carbocycles. The normalized spacial score (nSPS) is 12.6. The number of carbonyl (C=O) groups excluding carboxylic acids is 1. The van der Waals surface area contributed by atoms with Crippen LogP contribution in [0.25, 0.3) is 0 Å². The third-order valence-electron chi connectivity index (χ3n) is 1.89. The maximum Gasteiger partial charge on any atom is 0.328 e. The predicted molar refractivity (Wildman–Crippen MR) is 62.4 cm³/mol. The van der Waals surface area contributed by atoms with Gasteiger partial charge in [0, 0.05) is 18.2 Å². The summed E-state index contributed by atoms with van der Waals surface area (Å²) in [6.07, 6.45) is 2.59. The molecule has 1 aromatic heterocycles. The van der Waals surface area contributed by atoms with Crippen molar-refractivity contribution in [3.63, 3.8) is 0 Å². The van der Waals surface area contributed by atoms with E-state index in [9.17, 15) is 9.59 Å². The topological polar surface area (TPSA) is 66.4 Å². The van der Waals surface area contributed by atoms with Crippen molar-refractivity contribution in [3.8, 4) is 0 Å². The number of carboxylic acids is 1. The summed E-state index contributed by atoms with van der Waals surface area (Å²) >= 11 is 1.61. The molecule has 0 saturated heterocycles. The highest BCUT2D eigenvalue weighted by Gasteiger charge is 2.06. The molecule has 5 heteroatoms. The molecule has 0 aromatic carbocycles. The number of nitrogens with one attached hydrogen (secondary N) is 1. The van der Waals surface area contributed by atoms with Crippen LogP contribution in [0, 0.1) is 0 Å². The van der Waals surface area contributed by atoms with Crippen molar-refractivity contribution in [1.82, 2.24) is 5.32 Å². The largest absolute Gasteiger partial charge is 0.478 e. The highest BCUT2D eigenvalue weighted by Crippen LogP contribution is 2.08. The molecule has 0 fully saturated rings. The van der Waals surface area contributed by atoms with Gasteiger partial charge in [0.2, 0.25) is 5.91 Å². The Morgan fingerprint density at radius 1 is 1.56 bits per heavy atom. The van der Waals surface area contributed by atoms with Crippen LogP contribution in [0.15, 0.2) is 29.0 Å². The van der Waals surface area contributed by atoms with Crippen LogP contribution in [0.1, 0.15) is 12.5 Å². The SMILES string of the molecule is CC(Cc1ccsc1)NC(=O)C=CC(=O)O. The lowest BCUT2D eigenvalue weighted by atomic mass is 10.1. The molecule has 16 heavy (non-hydrogen) atoms. The molecule has 0 spiro atoms. The Morgan fingerprint density at radius 2 is 2.31 bits per heavy atom. The molecule has 0 aliphatic heterocycles. The second-order valence-corrected chi connectivity index (χ2v) is 4.20. The molecule has 0 aliphatic rings. The lowest BCUT2D eigenvalue weighted by Crippen LogP contribution is -2.32. The Balaban J connectivity index is 2.37. The van der Waals surface area contributed by atoms with E-state index in [-0.39, 0.29) is 11.9 Å². The monoisotopic (exact) mass is 239 g/mol. The predicted octanol–water partition coefficient (Wildman–Crippen LogP) is 1.44. The maximum absolute atomic E-state index is 11.2. The van der Waals surface area contributed by atoms with E-state index in [1.165, 1.54) is 5.56 Å². The van der Waals surface area contributed by atoms with Crippen LogP contribution in [0.3, 0.4) is 0 Å². The maximum atomic E-state index is 11.2. The molecule has 1 unspecified atom stereocenters. The summed E-state index contributed by atoms with van der Waals surface area (Å²) < 4.78 is 0. The van der Waals surface area contributed by atoms with Gasteiger partial charge in [-0.2, -0.15) is 11.3 Å². The zero-order valence-electron chi connectivity index (χ0n) is 8.84. The number of thiophene rings is 1. The Labute approximate surface area is 97.6 Å². The van der Waals surface area contributed by atoms with E-state index in [0.29, 0.717) is 0 Å². The number of carbonyl (C=O) groups is 2. The van der Waals surface area contributed by atoms with Crippen molar-refractivity contribution in [2.75, 3.05) is 0 Å². The number of hydrogen-bond acceptors (Lipinski definition) is 3. The van der Waals surface area contributed by atoms with Crippen molar-refractivity contribution in [2.24, 2.45) is 0 Å². The molecule has 1 rings (SSSR count). The van der Waals surface area contributed by atoms with Gasteiger partial charge < -0.3 is 10.4 Å². The van der Waals surface area contributed by atoms with Crippen LogP contribution >= 0.6 is 11.3 Å². The van der Waals surface area contributed by atoms with Crippen molar-refractivity contribution in [3.05, 3.63) is 34.5 Å². The summed E-state index contributed by atoms with van der Waals surface area (Å²) in [5.74, 6) is -1.51. The highest BCUT2D eigenvalue weighted by molar-refractivity contribution is 7.07. The lowest BCUT2D eigenvalue weighted by molar-refractivity contribution is -0.131. The molecule has 0 radical (unpaired) electrons. The van der Waals surface area contributed by atoms with Crippen molar-refractivity contribution < 1.29 is 14.7 Å². The number of carboxylic acid groups (broad SMARTS) is 1. The van der Waals surface area contributed by atoms with Crippen LogP contribution < -0.4 is 5.32 Å². The molecule has 0 bridgehead atoms. The first-order valence-electron chi connectivity index (χ1n) is 4.80. The van der Waals surface area contributed by atoms with Crippen LogP contribution in [0.4, 0.5) is 0 Å². The summed E-state index contributed by atoms with van der Waals surface area (Å²) in [5.41, 5.74) is 1.17. The van der Waals surface area contributed by atoms with E-state index in [4.69, 9.17) is 5.11 Å². The fourth-order valence-electron chi connectivity index (χ4n) is 1.25. The molecule has 0 aliphatic carbocycles. The first-order chi connectivity index (χ1) is 7.58. The van der Waals surface area contributed by atoms with Gasteiger partial charge in [-0.3, -0.25) is 4.79 Å². The second-order valence-electron chi connectivity index (χ2n) is 3.42. The van der Waals surface area contributed by atoms with Gasteiger partial charge >= 0.3 is 5.97 Å². The Kier molecular flexibility index (Phi) is 4.72. The third-order valence-corrected chi connectivity index (χ3v) is 2.62. The smallest absolute Gasteiger partial charge is 0.328 e. The summed E-state index contributed by atoms with van der Waals surface area (Å²) in [4.78, 5) is 21.4. The number of amides is 1. The Hall–Kier alpha value is -1.62. The number of aliphatic carboxylic acids is 1. The Morgan fingerprint density at radius 3 is 2.88 bits per heavy atom. The van der Waals surface area contributed by atoms with E-state index in [1.54, 1.807) is 11.3 Å². The first-order valence-corrected chi connectivity index (χ1v) is 5.75. The van der Waals surface area contributed by atoms with Crippen molar-refractivity contribution in [2.45, 2.75) is 19.4 Å². The van der Waals surface area contributed by atoms with E-state index in [1.807, 2.05) is 23.8 Å². The molecule has 1 amide bonds.